The number of aliphatic hydroxyl groups excluding tert-OH is 1. The second kappa shape index (κ2) is 7.19. The molecule has 0 unspecified atom stereocenters. The van der Waals surface area contributed by atoms with E-state index < -0.39 is 6.10 Å². The second-order valence-electron chi connectivity index (χ2n) is 5.89. The molecule has 2 N–H and O–H groups in total. The predicted octanol–water partition coefficient (Wildman–Crippen LogP) is 2.10. The SMILES string of the molecule is CN1C(=O)CC[C@H](C(=O)NC[C@H](O)c2ccco2)[C@@H]1c1cccs1. The predicted molar refractivity (Wildman–Crippen MR) is 89.2 cm³/mol. The zero-order valence-electron chi connectivity index (χ0n) is 13.3. The Labute approximate surface area is 144 Å². The van der Waals surface area contributed by atoms with Gasteiger partial charge in [0.25, 0.3) is 0 Å². The third kappa shape index (κ3) is 3.37. The highest BCUT2D eigenvalue weighted by Crippen LogP contribution is 2.37. The third-order valence-corrected chi connectivity index (χ3v) is 5.32. The fourth-order valence-corrected chi connectivity index (χ4v) is 4.00. The van der Waals surface area contributed by atoms with Crippen molar-refractivity contribution in [3.05, 3.63) is 46.5 Å². The van der Waals surface area contributed by atoms with Gasteiger partial charge in [0, 0.05) is 18.3 Å². The van der Waals surface area contributed by atoms with Crippen molar-refractivity contribution in [3.8, 4) is 0 Å². The Balaban J connectivity index is 1.69. The molecule has 0 aliphatic carbocycles. The molecule has 3 heterocycles. The number of nitrogens with zero attached hydrogens (tertiary/aromatic N) is 1. The van der Waals surface area contributed by atoms with Crippen LogP contribution in [0.4, 0.5) is 0 Å². The Bertz CT molecular complexity index is 684. The Morgan fingerprint density at radius 1 is 1.50 bits per heavy atom. The number of rotatable bonds is 5. The molecule has 2 aromatic heterocycles. The highest BCUT2D eigenvalue weighted by molar-refractivity contribution is 7.10. The summed E-state index contributed by atoms with van der Waals surface area (Å²) in [5.74, 6) is -0.0115. The molecule has 0 radical (unpaired) electrons. The maximum atomic E-state index is 12.6. The average Bonchev–Trinajstić information content (AvgIpc) is 3.27. The molecule has 1 fully saturated rings. The smallest absolute Gasteiger partial charge is 0.225 e. The fourth-order valence-electron chi connectivity index (χ4n) is 3.07. The topological polar surface area (TPSA) is 82.8 Å². The van der Waals surface area contributed by atoms with Crippen LogP contribution in [0.25, 0.3) is 0 Å². The maximum Gasteiger partial charge on any atom is 0.225 e. The number of hydrogen-bond donors (Lipinski definition) is 2. The number of likely N-dealkylation sites (tertiary alicyclic amines) is 1. The van der Waals surface area contributed by atoms with Gasteiger partial charge in [-0.25, -0.2) is 0 Å². The average molecular weight is 348 g/mol. The molecule has 3 rings (SSSR count). The van der Waals surface area contributed by atoms with Gasteiger partial charge in [-0.2, -0.15) is 0 Å². The number of carbonyl (C=O) groups excluding carboxylic acids is 2. The number of thiophene rings is 1. The molecule has 3 atom stereocenters. The molecular weight excluding hydrogens is 328 g/mol. The van der Waals surface area contributed by atoms with Crippen LogP contribution in [-0.4, -0.2) is 35.4 Å². The van der Waals surface area contributed by atoms with Crippen LogP contribution in [-0.2, 0) is 9.59 Å². The summed E-state index contributed by atoms with van der Waals surface area (Å²) < 4.78 is 5.13. The summed E-state index contributed by atoms with van der Waals surface area (Å²) in [5.41, 5.74) is 0. The lowest BCUT2D eigenvalue weighted by Crippen LogP contribution is -2.46. The zero-order chi connectivity index (χ0) is 17.1. The van der Waals surface area contributed by atoms with Gasteiger partial charge < -0.3 is 19.7 Å². The molecule has 1 saturated heterocycles. The molecule has 1 aliphatic heterocycles. The van der Waals surface area contributed by atoms with E-state index in [4.69, 9.17) is 4.42 Å². The van der Waals surface area contributed by atoms with Gasteiger partial charge in [0.1, 0.15) is 11.9 Å². The molecular formula is C17H20N2O4S. The van der Waals surface area contributed by atoms with E-state index in [2.05, 4.69) is 5.32 Å². The molecule has 0 bridgehead atoms. The van der Waals surface area contributed by atoms with E-state index in [1.54, 1.807) is 35.4 Å². The summed E-state index contributed by atoms with van der Waals surface area (Å²) in [4.78, 5) is 27.3. The van der Waals surface area contributed by atoms with Crippen molar-refractivity contribution in [1.82, 2.24) is 10.2 Å². The molecule has 2 aromatic rings. The van der Waals surface area contributed by atoms with Crippen LogP contribution in [0, 0.1) is 5.92 Å². The minimum atomic E-state index is -0.882. The number of furan rings is 1. The van der Waals surface area contributed by atoms with Crippen molar-refractivity contribution in [2.45, 2.75) is 25.0 Å². The van der Waals surface area contributed by atoms with Crippen molar-refractivity contribution in [2.75, 3.05) is 13.6 Å². The van der Waals surface area contributed by atoms with Crippen molar-refractivity contribution >= 4 is 23.2 Å². The number of amides is 2. The second-order valence-corrected chi connectivity index (χ2v) is 6.87. The summed E-state index contributed by atoms with van der Waals surface area (Å²) in [6.45, 7) is 0.0810. The van der Waals surface area contributed by atoms with Gasteiger partial charge in [0.2, 0.25) is 11.8 Å². The Morgan fingerprint density at radius 3 is 3.00 bits per heavy atom. The van der Waals surface area contributed by atoms with E-state index >= 15 is 0 Å². The van der Waals surface area contributed by atoms with Crippen molar-refractivity contribution in [1.29, 1.82) is 0 Å². The number of carbonyl (C=O) groups is 2. The number of hydrogen-bond acceptors (Lipinski definition) is 5. The van der Waals surface area contributed by atoms with Crippen LogP contribution in [0.1, 0.15) is 35.6 Å². The van der Waals surface area contributed by atoms with Gasteiger partial charge in [0.05, 0.1) is 24.8 Å². The lowest BCUT2D eigenvalue weighted by Gasteiger charge is -2.37. The monoisotopic (exact) mass is 348 g/mol. The first-order valence-corrected chi connectivity index (χ1v) is 8.74. The van der Waals surface area contributed by atoms with Gasteiger partial charge in [0.15, 0.2) is 0 Å². The van der Waals surface area contributed by atoms with Gasteiger partial charge in [-0.3, -0.25) is 9.59 Å². The van der Waals surface area contributed by atoms with Crippen LogP contribution in [0.5, 0.6) is 0 Å². The van der Waals surface area contributed by atoms with Gasteiger partial charge >= 0.3 is 0 Å². The van der Waals surface area contributed by atoms with E-state index in [9.17, 15) is 14.7 Å². The van der Waals surface area contributed by atoms with Gasteiger partial charge in [-0.15, -0.1) is 11.3 Å². The third-order valence-electron chi connectivity index (χ3n) is 4.37. The molecule has 24 heavy (non-hydrogen) atoms. The van der Waals surface area contributed by atoms with E-state index in [-0.39, 0.29) is 30.3 Å². The Kier molecular flexibility index (Phi) is 5.01. The summed E-state index contributed by atoms with van der Waals surface area (Å²) in [5, 5.41) is 14.8. The first kappa shape index (κ1) is 16.7. The van der Waals surface area contributed by atoms with Crippen molar-refractivity contribution in [3.63, 3.8) is 0 Å². The first-order valence-electron chi connectivity index (χ1n) is 7.86. The van der Waals surface area contributed by atoms with Crippen molar-refractivity contribution in [2.24, 2.45) is 5.92 Å². The quantitative estimate of drug-likeness (QED) is 0.867. The zero-order valence-corrected chi connectivity index (χ0v) is 14.2. The Morgan fingerprint density at radius 2 is 2.33 bits per heavy atom. The summed E-state index contributed by atoms with van der Waals surface area (Å²) in [7, 11) is 1.74. The largest absolute Gasteiger partial charge is 0.467 e. The standard InChI is InChI=1S/C17H20N2O4S/c1-19-15(21)7-6-11(16(19)14-5-3-9-24-14)17(22)18-10-12(20)13-4-2-8-23-13/h2-5,8-9,11-12,16,20H,6-7,10H2,1H3,(H,18,22)/t11-,12-,16+/m0/s1. The maximum absolute atomic E-state index is 12.6. The van der Waals surface area contributed by atoms with Crippen LogP contribution in [0.3, 0.4) is 0 Å². The summed E-state index contributed by atoms with van der Waals surface area (Å²) >= 11 is 1.54. The molecule has 0 aromatic carbocycles. The molecule has 7 heteroatoms. The highest BCUT2D eigenvalue weighted by atomic mass is 32.1. The number of nitrogens with one attached hydrogen (secondary N) is 1. The van der Waals surface area contributed by atoms with E-state index in [1.807, 2.05) is 17.5 Å². The van der Waals surface area contributed by atoms with Gasteiger partial charge in [-0.1, -0.05) is 6.07 Å². The van der Waals surface area contributed by atoms with Crippen LogP contribution < -0.4 is 5.32 Å². The van der Waals surface area contributed by atoms with Crippen LogP contribution in [0.15, 0.2) is 40.3 Å². The minimum Gasteiger partial charge on any atom is -0.467 e. The van der Waals surface area contributed by atoms with Crippen LogP contribution in [0.2, 0.25) is 0 Å². The fraction of sp³-hybridized carbons (Fsp3) is 0.412. The number of piperidine rings is 1. The molecule has 0 spiro atoms. The summed E-state index contributed by atoms with van der Waals surface area (Å²) in [6, 6.07) is 6.96. The minimum absolute atomic E-state index is 0.0491. The molecule has 1 aliphatic rings. The van der Waals surface area contributed by atoms with E-state index in [0.717, 1.165) is 4.88 Å². The molecule has 2 amide bonds. The van der Waals surface area contributed by atoms with Crippen molar-refractivity contribution < 1.29 is 19.1 Å². The lowest BCUT2D eigenvalue weighted by molar-refractivity contribution is -0.141. The molecule has 6 nitrogen and oxygen atoms in total. The lowest BCUT2D eigenvalue weighted by atomic mass is 9.87. The summed E-state index contributed by atoms with van der Waals surface area (Å²) in [6.07, 6.45) is 1.47. The van der Waals surface area contributed by atoms with Gasteiger partial charge in [-0.05, 0) is 30.0 Å². The van der Waals surface area contributed by atoms with E-state index in [1.165, 1.54) is 6.26 Å². The molecule has 128 valence electrons. The first-order chi connectivity index (χ1) is 11.6. The molecule has 0 saturated carbocycles. The Hall–Kier alpha value is -2.12. The number of aliphatic hydroxyl groups is 1. The van der Waals surface area contributed by atoms with Crippen LogP contribution >= 0.6 is 11.3 Å². The highest BCUT2D eigenvalue weighted by Gasteiger charge is 2.39. The normalized spacial score (nSPS) is 22.4. The van der Waals surface area contributed by atoms with E-state index in [0.29, 0.717) is 18.6 Å².